The summed E-state index contributed by atoms with van der Waals surface area (Å²) in [5.41, 5.74) is 1.30. The van der Waals surface area contributed by atoms with Crippen LogP contribution in [0.1, 0.15) is 12.0 Å². The molecule has 0 bridgehead atoms. The number of fused-ring (bicyclic) bond motifs is 1. The topological polar surface area (TPSA) is 71.3 Å². The van der Waals surface area contributed by atoms with Gasteiger partial charge in [0.15, 0.2) is 0 Å². The van der Waals surface area contributed by atoms with E-state index in [-0.39, 0.29) is 24.3 Å². The molecule has 0 unspecified atom stereocenters. The van der Waals surface area contributed by atoms with Crippen molar-refractivity contribution >= 4 is 22.8 Å². The van der Waals surface area contributed by atoms with E-state index < -0.39 is 17.8 Å². The predicted molar refractivity (Wildman–Crippen MR) is 107 cm³/mol. The van der Waals surface area contributed by atoms with E-state index in [9.17, 15) is 22.8 Å². The van der Waals surface area contributed by atoms with Gasteiger partial charge in [0, 0.05) is 38.9 Å². The molecule has 1 saturated heterocycles. The quantitative estimate of drug-likeness (QED) is 0.623. The number of likely N-dealkylation sites (tertiary alicyclic amines) is 1. The number of rotatable bonds is 5. The van der Waals surface area contributed by atoms with Crippen molar-refractivity contribution < 1.29 is 22.8 Å². The fourth-order valence-corrected chi connectivity index (χ4v) is 3.56. The monoisotopic (exact) mass is 431 g/mol. The highest BCUT2D eigenvalue weighted by molar-refractivity contribution is 5.86. The van der Waals surface area contributed by atoms with E-state index in [1.807, 2.05) is 0 Å². The number of nitrogens with zero attached hydrogens (tertiary/aromatic N) is 5. The molecular formula is C21H20F3N5O2. The maximum atomic E-state index is 13.6. The number of carbonyl (C=O) groups excluding carboxylic acids is 2. The number of hydrogen-bond donors (Lipinski definition) is 0. The molecule has 1 aromatic carbocycles. The molecule has 0 N–H and O–H groups in total. The Morgan fingerprint density at radius 3 is 2.58 bits per heavy atom. The fourth-order valence-electron chi connectivity index (χ4n) is 3.56. The van der Waals surface area contributed by atoms with Crippen molar-refractivity contribution in [1.29, 1.82) is 0 Å². The van der Waals surface area contributed by atoms with Crippen LogP contribution in [0, 0.1) is 11.7 Å². The van der Waals surface area contributed by atoms with Gasteiger partial charge < -0.3 is 9.80 Å². The molecule has 1 fully saturated rings. The summed E-state index contributed by atoms with van der Waals surface area (Å²) >= 11 is 0. The van der Waals surface area contributed by atoms with Crippen molar-refractivity contribution in [2.45, 2.75) is 13.0 Å². The number of amides is 2. The lowest BCUT2D eigenvalue weighted by Gasteiger charge is -2.39. The molecule has 0 radical (unpaired) electrons. The van der Waals surface area contributed by atoms with Gasteiger partial charge in [0.25, 0.3) is 6.43 Å². The van der Waals surface area contributed by atoms with Gasteiger partial charge in [-0.2, -0.15) is 5.10 Å². The molecule has 1 aliphatic heterocycles. The summed E-state index contributed by atoms with van der Waals surface area (Å²) in [4.78, 5) is 31.9. The van der Waals surface area contributed by atoms with Crippen LogP contribution in [0.3, 0.4) is 0 Å². The minimum Gasteiger partial charge on any atom is -0.348 e. The summed E-state index contributed by atoms with van der Waals surface area (Å²) in [6.45, 7) is 0.693. The Labute approximate surface area is 176 Å². The Balaban J connectivity index is 1.54. The zero-order valence-electron chi connectivity index (χ0n) is 16.9. The Kier molecular flexibility index (Phi) is 5.38. The van der Waals surface area contributed by atoms with Crippen LogP contribution in [0.5, 0.6) is 0 Å². The van der Waals surface area contributed by atoms with Crippen molar-refractivity contribution in [2.24, 2.45) is 5.92 Å². The number of alkyl halides is 2. The van der Waals surface area contributed by atoms with E-state index in [0.717, 1.165) is 12.1 Å². The van der Waals surface area contributed by atoms with Crippen LogP contribution in [-0.4, -0.2) is 63.6 Å². The third-order valence-electron chi connectivity index (χ3n) is 5.37. The molecular weight excluding hydrogens is 411 g/mol. The number of carbonyl (C=O) groups is 2. The van der Waals surface area contributed by atoms with Crippen molar-refractivity contribution in [1.82, 2.24) is 24.6 Å². The second kappa shape index (κ2) is 8.01. The molecule has 0 spiro atoms. The molecule has 3 aromatic rings. The van der Waals surface area contributed by atoms with E-state index >= 15 is 0 Å². The molecule has 0 aliphatic carbocycles. The predicted octanol–water partition coefficient (Wildman–Crippen LogP) is 2.72. The normalized spacial score (nSPS) is 14.2. The summed E-state index contributed by atoms with van der Waals surface area (Å²) in [7, 11) is 3.36. The van der Waals surface area contributed by atoms with Crippen LogP contribution in [0.2, 0.25) is 0 Å². The molecule has 0 atom stereocenters. The first kappa shape index (κ1) is 20.8. The zero-order valence-corrected chi connectivity index (χ0v) is 16.9. The van der Waals surface area contributed by atoms with Crippen LogP contribution in [0.15, 0.2) is 36.7 Å². The Hall–Kier alpha value is -3.43. The van der Waals surface area contributed by atoms with Gasteiger partial charge in [0.1, 0.15) is 17.9 Å². The zero-order chi connectivity index (χ0) is 22.3. The SMILES string of the molecule is CN(C)C(=O)C1CN(C(=O)Cn2ncc3ncc(-c4ccc(F)c(C(F)F)c4)cc32)C1. The van der Waals surface area contributed by atoms with Crippen LogP contribution in [0.4, 0.5) is 13.2 Å². The molecule has 2 amide bonds. The van der Waals surface area contributed by atoms with Crippen molar-refractivity contribution in [2.75, 3.05) is 27.2 Å². The van der Waals surface area contributed by atoms with Crippen molar-refractivity contribution in [3.63, 3.8) is 0 Å². The van der Waals surface area contributed by atoms with E-state index in [2.05, 4.69) is 10.1 Å². The van der Waals surface area contributed by atoms with Crippen molar-refractivity contribution in [3.05, 3.63) is 48.0 Å². The minimum absolute atomic E-state index is 0.00936. The largest absolute Gasteiger partial charge is 0.348 e. The van der Waals surface area contributed by atoms with Gasteiger partial charge in [0.05, 0.1) is 23.2 Å². The maximum absolute atomic E-state index is 13.6. The van der Waals surface area contributed by atoms with Gasteiger partial charge in [0.2, 0.25) is 11.8 Å². The highest BCUT2D eigenvalue weighted by atomic mass is 19.3. The Morgan fingerprint density at radius 1 is 1.16 bits per heavy atom. The first-order valence-electron chi connectivity index (χ1n) is 9.63. The highest BCUT2D eigenvalue weighted by Gasteiger charge is 2.36. The number of halogens is 3. The summed E-state index contributed by atoms with van der Waals surface area (Å²) in [5, 5.41) is 4.20. The number of hydrogen-bond acceptors (Lipinski definition) is 4. The Morgan fingerprint density at radius 2 is 1.90 bits per heavy atom. The van der Waals surface area contributed by atoms with E-state index in [0.29, 0.717) is 35.2 Å². The number of pyridine rings is 1. The van der Waals surface area contributed by atoms with Crippen LogP contribution in [-0.2, 0) is 16.1 Å². The third kappa shape index (κ3) is 3.97. The molecule has 4 rings (SSSR count). The van der Waals surface area contributed by atoms with Gasteiger partial charge in [-0.15, -0.1) is 0 Å². The smallest absolute Gasteiger partial charge is 0.266 e. The fraction of sp³-hybridized carbons (Fsp3) is 0.333. The summed E-state index contributed by atoms with van der Waals surface area (Å²) in [6.07, 6.45) is 0.0707. The van der Waals surface area contributed by atoms with Gasteiger partial charge in [-0.3, -0.25) is 19.3 Å². The lowest BCUT2D eigenvalue weighted by Crippen LogP contribution is -2.56. The van der Waals surface area contributed by atoms with Gasteiger partial charge in [-0.05, 0) is 23.8 Å². The molecule has 162 valence electrons. The summed E-state index contributed by atoms with van der Waals surface area (Å²) in [6, 6.07) is 5.17. The number of benzene rings is 1. The molecule has 31 heavy (non-hydrogen) atoms. The van der Waals surface area contributed by atoms with Crippen molar-refractivity contribution in [3.8, 4) is 11.1 Å². The molecule has 1 aliphatic rings. The Bertz CT molecular complexity index is 1160. The molecule has 10 heteroatoms. The average Bonchev–Trinajstić information content (AvgIpc) is 3.08. The summed E-state index contributed by atoms with van der Waals surface area (Å²) < 4.78 is 41.2. The molecule has 2 aromatic heterocycles. The van der Waals surface area contributed by atoms with E-state index in [1.165, 1.54) is 28.0 Å². The van der Waals surface area contributed by atoms with E-state index in [4.69, 9.17) is 0 Å². The lowest BCUT2D eigenvalue weighted by molar-refractivity contribution is -0.147. The minimum atomic E-state index is -2.93. The molecule has 3 heterocycles. The second-order valence-electron chi connectivity index (χ2n) is 7.70. The van der Waals surface area contributed by atoms with Crippen LogP contribution < -0.4 is 0 Å². The van der Waals surface area contributed by atoms with Crippen LogP contribution >= 0.6 is 0 Å². The summed E-state index contributed by atoms with van der Waals surface area (Å²) in [5.74, 6) is -1.35. The highest BCUT2D eigenvalue weighted by Crippen LogP contribution is 2.29. The standard InChI is InChI=1S/C21H20F3N5O2/c1-27(2)21(31)14-9-28(10-14)19(30)11-29-18-6-13(7-25-17(18)8-26-29)12-3-4-16(22)15(5-12)20(23)24/h3-8,14,20H,9-11H2,1-2H3. The average molecular weight is 431 g/mol. The molecule has 7 nitrogen and oxygen atoms in total. The van der Waals surface area contributed by atoms with Crippen LogP contribution in [0.25, 0.3) is 22.2 Å². The van der Waals surface area contributed by atoms with E-state index in [1.54, 1.807) is 25.1 Å². The second-order valence-corrected chi connectivity index (χ2v) is 7.70. The molecule has 0 saturated carbocycles. The maximum Gasteiger partial charge on any atom is 0.266 e. The lowest BCUT2D eigenvalue weighted by atomic mass is 9.98. The number of aromatic nitrogens is 3. The van der Waals surface area contributed by atoms with Gasteiger partial charge in [-0.1, -0.05) is 6.07 Å². The first-order chi connectivity index (χ1) is 14.7. The first-order valence-corrected chi connectivity index (χ1v) is 9.63. The van der Waals surface area contributed by atoms with Gasteiger partial charge in [-0.25, -0.2) is 13.2 Å². The van der Waals surface area contributed by atoms with Gasteiger partial charge >= 0.3 is 0 Å². The third-order valence-corrected chi connectivity index (χ3v) is 5.37.